The first kappa shape index (κ1) is 24.2. The molecule has 8 nitrogen and oxygen atoms in total. The van der Waals surface area contributed by atoms with Gasteiger partial charge >= 0.3 is 0 Å². The minimum absolute atomic E-state index is 0.0321. The van der Waals surface area contributed by atoms with Crippen LogP contribution in [0.2, 0.25) is 0 Å². The number of ketones is 2. The summed E-state index contributed by atoms with van der Waals surface area (Å²) in [4.78, 5) is 46.9. The number of hydrogen-bond donors (Lipinski definition) is 1. The van der Waals surface area contributed by atoms with Gasteiger partial charge in [0.1, 0.15) is 6.61 Å². The van der Waals surface area contributed by atoms with Gasteiger partial charge in [-0.3, -0.25) is 24.3 Å². The third-order valence-corrected chi connectivity index (χ3v) is 9.28. The number of carbonyl (C=O) groups is 3. The average Bonchev–Trinajstić information content (AvgIpc) is 3.67. The zero-order valence-electron chi connectivity index (χ0n) is 19.9. The summed E-state index contributed by atoms with van der Waals surface area (Å²) in [5.41, 5.74) is 2.58. The number of amides is 1. The number of hydrogen-bond acceptors (Lipinski definition) is 8. The number of alkyl halides is 1. The van der Waals surface area contributed by atoms with Gasteiger partial charge in [0, 0.05) is 36.0 Å². The van der Waals surface area contributed by atoms with Gasteiger partial charge in [-0.05, 0) is 43.4 Å². The Hall–Kier alpha value is -2.20. The van der Waals surface area contributed by atoms with Crippen molar-refractivity contribution in [2.24, 2.45) is 10.9 Å². The second-order valence-corrected chi connectivity index (χ2v) is 11.5. The number of benzene rings is 1. The van der Waals surface area contributed by atoms with Crippen molar-refractivity contribution in [3.05, 3.63) is 40.8 Å². The fourth-order valence-electron chi connectivity index (χ4n) is 6.12. The number of carbonyl (C=O) groups excluding carboxylic acids is 3. The van der Waals surface area contributed by atoms with Gasteiger partial charge in [0.15, 0.2) is 16.7 Å². The monoisotopic (exact) mass is 528 g/mol. The number of fused-ring (bicyclic) bond motifs is 2. The van der Waals surface area contributed by atoms with Gasteiger partial charge in [0.25, 0.3) is 5.91 Å². The molecule has 3 atom stereocenters. The van der Waals surface area contributed by atoms with E-state index in [9.17, 15) is 14.4 Å². The molecule has 36 heavy (non-hydrogen) atoms. The van der Waals surface area contributed by atoms with E-state index in [2.05, 4.69) is 25.5 Å². The molecule has 0 unspecified atom stereocenters. The predicted octanol–water partition coefficient (Wildman–Crippen LogP) is 2.52. The largest absolute Gasteiger partial charge is 0.367 e. The van der Waals surface area contributed by atoms with Gasteiger partial charge in [-0.15, -0.1) is 11.6 Å². The molecular formula is C26H29ClN4O4S. The second-order valence-electron chi connectivity index (χ2n) is 10.1. The van der Waals surface area contributed by atoms with E-state index in [0.717, 1.165) is 55.2 Å². The summed E-state index contributed by atoms with van der Waals surface area (Å²) in [6.07, 6.45) is 3.01. The second kappa shape index (κ2) is 9.93. The molecule has 1 saturated carbocycles. The minimum Gasteiger partial charge on any atom is -0.367 e. The molecule has 4 heterocycles. The molecule has 190 valence electrons. The van der Waals surface area contributed by atoms with Crippen molar-refractivity contribution in [3.8, 4) is 0 Å². The van der Waals surface area contributed by atoms with Crippen molar-refractivity contribution < 1.29 is 19.1 Å². The van der Waals surface area contributed by atoms with E-state index < -0.39 is 0 Å². The summed E-state index contributed by atoms with van der Waals surface area (Å²) in [5, 5.41) is 5.74. The Bertz CT molecular complexity index is 1150. The summed E-state index contributed by atoms with van der Waals surface area (Å²) in [7, 11) is 0. The summed E-state index contributed by atoms with van der Waals surface area (Å²) >= 11 is 8.05. The maximum Gasteiger partial charge on any atom is 0.251 e. The summed E-state index contributed by atoms with van der Waals surface area (Å²) in [6, 6.07) is 7.53. The first-order valence-corrected chi connectivity index (χ1v) is 14.0. The van der Waals surface area contributed by atoms with E-state index >= 15 is 0 Å². The maximum atomic E-state index is 12.9. The van der Waals surface area contributed by atoms with Crippen LogP contribution in [0.1, 0.15) is 41.6 Å². The fraction of sp³-hybridized carbons (Fsp3) is 0.538. The number of ether oxygens (including phenoxy) is 1. The highest BCUT2D eigenvalue weighted by Gasteiger charge is 2.52. The third kappa shape index (κ3) is 4.40. The highest BCUT2D eigenvalue weighted by molar-refractivity contribution is 8.16. The number of aliphatic imine (C=N–C) groups is 1. The van der Waals surface area contributed by atoms with Gasteiger partial charge in [-0.1, -0.05) is 23.9 Å². The lowest BCUT2D eigenvalue weighted by Crippen LogP contribution is -2.46. The number of likely N-dealkylation sites (tertiary alicyclic amines) is 1. The van der Waals surface area contributed by atoms with E-state index in [-0.39, 0.29) is 60.1 Å². The van der Waals surface area contributed by atoms with Gasteiger partial charge in [-0.25, -0.2) is 0 Å². The molecule has 5 aliphatic rings. The van der Waals surface area contributed by atoms with Gasteiger partial charge in [0.05, 0.1) is 36.3 Å². The summed E-state index contributed by atoms with van der Waals surface area (Å²) in [6.45, 7) is 2.49. The molecule has 0 spiro atoms. The fourth-order valence-corrected chi connectivity index (χ4v) is 7.45. The Balaban J connectivity index is 1.01. The topological polar surface area (TPSA) is 91.3 Å². The van der Waals surface area contributed by atoms with Crippen LogP contribution in [0, 0.1) is 5.92 Å². The van der Waals surface area contributed by atoms with Crippen molar-refractivity contribution >= 4 is 51.7 Å². The number of nitrogens with zero attached hydrogens (tertiary/aromatic N) is 3. The molecule has 1 amide bonds. The van der Waals surface area contributed by atoms with Gasteiger partial charge < -0.3 is 15.0 Å². The molecular weight excluding hydrogens is 500 g/mol. The highest BCUT2D eigenvalue weighted by Crippen LogP contribution is 2.38. The Kier molecular flexibility index (Phi) is 6.66. The van der Waals surface area contributed by atoms with Crippen LogP contribution in [-0.2, 0) is 14.3 Å². The predicted molar refractivity (Wildman–Crippen MR) is 139 cm³/mol. The van der Waals surface area contributed by atoms with Crippen molar-refractivity contribution in [2.45, 2.75) is 49.2 Å². The molecule has 2 saturated heterocycles. The Morgan fingerprint density at radius 2 is 2.06 bits per heavy atom. The van der Waals surface area contributed by atoms with Crippen molar-refractivity contribution in [1.82, 2.24) is 15.1 Å². The van der Waals surface area contributed by atoms with Crippen LogP contribution in [-0.4, -0.2) is 88.8 Å². The maximum absolute atomic E-state index is 12.9. The van der Waals surface area contributed by atoms with Crippen molar-refractivity contribution in [3.63, 3.8) is 0 Å². The molecule has 10 heteroatoms. The molecule has 0 radical (unpaired) electrons. The quantitative estimate of drug-likeness (QED) is 0.567. The zero-order valence-corrected chi connectivity index (χ0v) is 21.5. The smallest absolute Gasteiger partial charge is 0.251 e. The van der Waals surface area contributed by atoms with Crippen molar-refractivity contribution in [1.29, 1.82) is 0 Å². The Morgan fingerprint density at radius 3 is 2.89 bits per heavy atom. The lowest BCUT2D eigenvalue weighted by Gasteiger charge is -2.36. The lowest BCUT2D eigenvalue weighted by molar-refractivity contribution is -0.125. The number of halogens is 1. The highest BCUT2D eigenvalue weighted by atomic mass is 35.5. The van der Waals surface area contributed by atoms with Crippen LogP contribution in [0.15, 0.2) is 34.7 Å². The minimum atomic E-state index is -0.239. The van der Waals surface area contributed by atoms with Crippen LogP contribution in [0.3, 0.4) is 0 Å². The average molecular weight is 529 g/mol. The molecule has 1 aliphatic carbocycles. The molecule has 1 aromatic rings. The van der Waals surface area contributed by atoms with E-state index in [0.29, 0.717) is 12.1 Å². The van der Waals surface area contributed by atoms with Gasteiger partial charge in [-0.2, -0.15) is 0 Å². The zero-order chi connectivity index (χ0) is 24.8. The number of rotatable bonds is 6. The van der Waals surface area contributed by atoms with Crippen LogP contribution >= 0.6 is 23.4 Å². The van der Waals surface area contributed by atoms with Crippen LogP contribution in [0.4, 0.5) is 0 Å². The molecule has 1 aromatic carbocycles. The lowest BCUT2D eigenvalue weighted by atomic mass is 9.82. The Morgan fingerprint density at radius 1 is 1.22 bits per heavy atom. The summed E-state index contributed by atoms with van der Waals surface area (Å²) in [5.74, 6) is -0.121. The van der Waals surface area contributed by atoms with Crippen LogP contribution in [0.5, 0.6) is 0 Å². The number of amidine groups is 1. The van der Waals surface area contributed by atoms with Gasteiger partial charge in [0.2, 0.25) is 0 Å². The summed E-state index contributed by atoms with van der Waals surface area (Å²) < 4.78 is 5.60. The number of thioether (sulfide) groups is 1. The first-order chi connectivity index (χ1) is 17.5. The van der Waals surface area contributed by atoms with E-state index in [4.69, 9.17) is 16.3 Å². The molecule has 0 aromatic heterocycles. The standard InChI is InChI=1S/C26H29ClN4O4S/c27-19-12-31(23-22(33)13-35-24(19)23)18-6-4-15(5-7-18)21(32)11-29-25(34)17-3-1-2-16(10-17)20-14-36-26-28-8-9-30(20)26/h1-3,10,14-15,18-19,23-24H,4-9,11-13H2,(H,29,34)/t15?,18?,19-,23+,24+/m0/s1. The Labute approximate surface area is 219 Å². The van der Waals surface area contributed by atoms with Crippen molar-refractivity contribution in [2.75, 3.05) is 32.8 Å². The first-order valence-electron chi connectivity index (χ1n) is 12.6. The normalized spacial score (nSPS) is 31.8. The molecule has 6 rings (SSSR count). The van der Waals surface area contributed by atoms with Crippen LogP contribution < -0.4 is 5.32 Å². The molecule has 4 aliphatic heterocycles. The molecule has 0 bridgehead atoms. The van der Waals surface area contributed by atoms with E-state index in [1.165, 1.54) is 0 Å². The number of nitrogens with one attached hydrogen (secondary N) is 1. The van der Waals surface area contributed by atoms with Crippen LogP contribution in [0.25, 0.3) is 5.70 Å². The third-order valence-electron chi connectivity index (χ3n) is 7.99. The molecule has 1 N–H and O–H groups in total. The van der Waals surface area contributed by atoms with E-state index in [1.807, 2.05) is 18.2 Å². The molecule has 3 fully saturated rings. The van der Waals surface area contributed by atoms with E-state index in [1.54, 1.807) is 17.8 Å². The SMILES string of the molecule is O=C(NCC(=O)C1CCC(N2C[C@H](Cl)[C@H]3OCC(=O)[C@H]32)CC1)c1cccc(C2=CSC3=NCCN23)c1. The number of Topliss-reactive ketones (excluding diaryl/α,β-unsaturated/α-hetero) is 2.